The van der Waals surface area contributed by atoms with E-state index in [1.54, 1.807) is 0 Å². The summed E-state index contributed by atoms with van der Waals surface area (Å²) in [6.45, 7) is 4.38. The molecule has 0 aromatic carbocycles. The first kappa shape index (κ1) is 26.9. The van der Waals surface area contributed by atoms with Crippen LogP contribution in [0.2, 0.25) is 0 Å². The van der Waals surface area contributed by atoms with E-state index >= 15 is 0 Å². The van der Waals surface area contributed by atoms with E-state index in [0.717, 1.165) is 19.3 Å². The molecule has 0 heterocycles. The third kappa shape index (κ3) is 20.5. The van der Waals surface area contributed by atoms with Gasteiger partial charge in [-0.3, -0.25) is 9.59 Å². The van der Waals surface area contributed by atoms with Crippen LogP contribution in [-0.4, -0.2) is 10.5 Å². The Kier molecular flexibility index (Phi) is 19.2. The van der Waals surface area contributed by atoms with E-state index in [1.807, 2.05) is 0 Å². The van der Waals surface area contributed by atoms with E-state index in [9.17, 15) is 9.59 Å². The fraction of sp³-hybridized carbons (Fsp3) is 0.913. The molecule has 0 saturated heterocycles. The molecule has 0 aromatic heterocycles. The minimum atomic E-state index is -0.197. The first-order chi connectivity index (χ1) is 12.9. The van der Waals surface area contributed by atoms with Gasteiger partial charge >= 0.3 is 0 Å². The van der Waals surface area contributed by atoms with Gasteiger partial charge in [-0.2, -0.15) is 0 Å². The molecule has 0 aliphatic rings. The summed E-state index contributed by atoms with van der Waals surface area (Å²) in [7, 11) is 0. The van der Waals surface area contributed by atoms with Crippen molar-refractivity contribution in [1.82, 2.24) is 0 Å². The van der Waals surface area contributed by atoms with Gasteiger partial charge in [-0.05, 0) is 47.9 Å². The highest BCUT2D eigenvalue weighted by Gasteiger charge is 2.15. The van der Waals surface area contributed by atoms with Gasteiger partial charge < -0.3 is 0 Å². The van der Waals surface area contributed by atoms with Gasteiger partial charge in [-0.1, -0.05) is 97.3 Å². The predicted octanol–water partition coefficient (Wildman–Crippen LogP) is 8.42. The Hall–Kier alpha value is -0.0800. The molecule has 160 valence electrons. The van der Waals surface area contributed by atoms with Crippen molar-refractivity contribution in [3.63, 3.8) is 0 Å². The van der Waals surface area contributed by atoms with Gasteiger partial charge in [0.2, 0.25) is 10.5 Å². The molecule has 0 aliphatic carbocycles. The van der Waals surface area contributed by atoms with Crippen molar-refractivity contribution in [2.45, 2.75) is 123 Å². The van der Waals surface area contributed by atoms with Gasteiger partial charge in [0.15, 0.2) is 0 Å². The molecule has 0 N–H and O–H groups in total. The first-order valence-electron chi connectivity index (χ1n) is 11.3. The maximum atomic E-state index is 11.1. The highest BCUT2D eigenvalue weighted by atomic mass is 35.5. The lowest BCUT2D eigenvalue weighted by Gasteiger charge is -2.18. The number of rotatable bonds is 20. The molecule has 0 spiro atoms. The Morgan fingerprint density at radius 3 is 1.30 bits per heavy atom. The normalized spacial score (nSPS) is 12.5. The molecular formula is C23H42Cl2O2. The number of unbranched alkanes of at least 4 members (excludes halogenated alkanes) is 13. The number of carbonyl (C=O) groups excluding carboxylic acids is 2. The summed E-state index contributed by atoms with van der Waals surface area (Å²) in [5, 5.41) is -0.380. The third-order valence-electron chi connectivity index (χ3n) is 5.56. The van der Waals surface area contributed by atoms with E-state index < -0.39 is 0 Å². The van der Waals surface area contributed by atoms with Crippen molar-refractivity contribution in [3.05, 3.63) is 0 Å². The molecule has 0 bridgehead atoms. The van der Waals surface area contributed by atoms with E-state index in [0.29, 0.717) is 24.7 Å². The maximum absolute atomic E-state index is 11.1. The molecule has 27 heavy (non-hydrogen) atoms. The molecule has 1 unspecified atom stereocenters. The molecule has 0 fully saturated rings. The summed E-state index contributed by atoms with van der Waals surface area (Å²) in [5.41, 5.74) is 0. The Morgan fingerprint density at radius 2 is 0.963 bits per heavy atom. The zero-order valence-corrected chi connectivity index (χ0v) is 19.3. The maximum Gasteiger partial charge on any atom is 0.221 e. The van der Waals surface area contributed by atoms with Gasteiger partial charge in [-0.25, -0.2) is 0 Å². The summed E-state index contributed by atoms with van der Waals surface area (Å²) in [4.78, 5) is 21.7. The predicted molar refractivity (Wildman–Crippen MR) is 119 cm³/mol. The Labute approximate surface area is 178 Å². The van der Waals surface area contributed by atoms with Gasteiger partial charge in [-0.15, -0.1) is 0 Å². The largest absolute Gasteiger partial charge is 0.281 e. The zero-order chi connectivity index (χ0) is 20.3. The third-order valence-corrected chi connectivity index (χ3v) is 5.91. The Morgan fingerprint density at radius 1 is 0.593 bits per heavy atom. The van der Waals surface area contributed by atoms with Crippen molar-refractivity contribution in [1.29, 1.82) is 0 Å². The van der Waals surface area contributed by atoms with Crippen LogP contribution in [0.15, 0.2) is 0 Å². The molecule has 0 aliphatic heterocycles. The van der Waals surface area contributed by atoms with Crippen LogP contribution in [-0.2, 0) is 9.59 Å². The van der Waals surface area contributed by atoms with Gasteiger partial charge in [0.25, 0.3) is 0 Å². The molecule has 0 amide bonds. The van der Waals surface area contributed by atoms with Crippen LogP contribution in [0.1, 0.15) is 123 Å². The Bertz CT molecular complexity index is 369. The second-order valence-corrected chi connectivity index (χ2v) is 9.25. The summed E-state index contributed by atoms with van der Waals surface area (Å²) in [5.74, 6) is 1.00. The monoisotopic (exact) mass is 420 g/mol. The first-order valence-corrected chi connectivity index (χ1v) is 12.1. The number of halogens is 2. The quantitative estimate of drug-likeness (QED) is 0.146. The van der Waals surface area contributed by atoms with Crippen molar-refractivity contribution in [2.24, 2.45) is 11.8 Å². The minimum absolute atomic E-state index is 0.184. The summed E-state index contributed by atoms with van der Waals surface area (Å²) in [6, 6.07) is 0. The smallest absolute Gasteiger partial charge is 0.221 e. The Balaban J connectivity index is 3.27. The van der Waals surface area contributed by atoms with Crippen molar-refractivity contribution < 1.29 is 9.59 Å². The van der Waals surface area contributed by atoms with Crippen LogP contribution in [0.3, 0.4) is 0 Å². The summed E-state index contributed by atoms with van der Waals surface area (Å²) in [6.07, 6.45) is 20.2. The van der Waals surface area contributed by atoms with Gasteiger partial charge in [0.05, 0.1) is 0 Å². The molecule has 0 saturated carbocycles. The van der Waals surface area contributed by atoms with Crippen molar-refractivity contribution in [3.8, 4) is 0 Å². The second-order valence-electron chi connectivity index (χ2n) is 8.41. The van der Waals surface area contributed by atoms with E-state index in [2.05, 4.69) is 13.8 Å². The van der Waals surface area contributed by atoms with Crippen LogP contribution in [0.25, 0.3) is 0 Å². The van der Waals surface area contributed by atoms with Crippen LogP contribution in [0.4, 0.5) is 0 Å². The highest BCUT2D eigenvalue weighted by molar-refractivity contribution is 6.63. The fourth-order valence-corrected chi connectivity index (χ4v) is 4.00. The van der Waals surface area contributed by atoms with Crippen LogP contribution in [0, 0.1) is 11.8 Å². The molecule has 1 atom stereocenters. The van der Waals surface area contributed by atoms with E-state index in [4.69, 9.17) is 23.2 Å². The molecule has 0 radical (unpaired) electrons. The number of hydrogen-bond acceptors (Lipinski definition) is 2. The SMILES string of the molecule is CC(C)C(CCCCCCCCCCCCCCCCC(=O)Cl)CC(=O)Cl. The number of hydrogen-bond donors (Lipinski definition) is 0. The average Bonchev–Trinajstić information content (AvgIpc) is 2.59. The van der Waals surface area contributed by atoms with E-state index in [-0.39, 0.29) is 10.5 Å². The lowest BCUT2D eigenvalue weighted by molar-refractivity contribution is -0.113. The fourth-order valence-electron chi connectivity index (χ4n) is 3.67. The highest BCUT2D eigenvalue weighted by Crippen LogP contribution is 2.24. The van der Waals surface area contributed by atoms with Crippen LogP contribution >= 0.6 is 23.2 Å². The molecular weight excluding hydrogens is 379 g/mol. The molecule has 0 aromatic rings. The van der Waals surface area contributed by atoms with Crippen molar-refractivity contribution >= 4 is 33.7 Å². The summed E-state index contributed by atoms with van der Waals surface area (Å²) >= 11 is 10.9. The lowest BCUT2D eigenvalue weighted by Crippen LogP contribution is -2.11. The van der Waals surface area contributed by atoms with Crippen LogP contribution < -0.4 is 0 Å². The second kappa shape index (κ2) is 19.2. The number of carbonyl (C=O) groups is 2. The molecule has 0 rings (SSSR count). The summed E-state index contributed by atoms with van der Waals surface area (Å²) < 4.78 is 0. The minimum Gasteiger partial charge on any atom is -0.281 e. The standard InChI is InChI=1S/C23H42Cl2O2/c1-20(2)21(19-23(25)27)17-15-13-11-9-7-5-3-4-6-8-10-12-14-16-18-22(24)26/h20-21H,3-19H2,1-2H3. The lowest BCUT2D eigenvalue weighted by atomic mass is 9.88. The van der Waals surface area contributed by atoms with Crippen LogP contribution in [0.5, 0.6) is 0 Å². The average molecular weight is 421 g/mol. The van der Waals surface area contributed by atoms with E-state index in [1.165, 1.54) is 77.0 Å². The van der Waals surface area contributed by atoms with Gasteiger partial charge in [0.1, 0.15) is 0 Å². The molecule has 4 heteroatoms. The zero-order valence-electron chi connectivity index (χ0n) is 17.7. The van der Waals surface area contributed by atoms with Crippen molar-refractivity contribution in [2.75, 3.05) is 0 Å². The van der Waals surface area contributed by atoms with Gasteiger partial charge in [0, 0.05) is 12.8 Å². The molecule has 2 nitrogen and oxygen atoms in total. The topological polar surface area (TPSA) is 34.1 Å².